The van der Waals surface area contributed by atoms with Gasteiger partial charge in [0.25, 0.3) is 0 Å². The maximum Gasteiger partial charge on any atom is 0.221 e. The van der Waals surface area contributed by atoms with Crippen molar-refractivity contribution in [2.24, 2.45) is 0 Å². The van der Waals surface area contributed by atoms with Crippen LogP contribution in [0, 0.1) is 0 Å². The van der Waals surface area contributed by atoms with Crippen molar-refractivity contribution < 1.29 is 0 Å². The summed E-state index contributed by atoms with van der Waals surface area (Å²) in [6, 6.07) is 0. The Labute approximate surface area is 72.7 Å². The van der Waals surface area contributed by atoms with Gasteiger partial charge in [0.15, 0.2) is 0 Å². The fraction of sp³-hybridized carbons (Fsp3) is 0.200. The highest BCUT2D eigenvalue weighted by atomic mass is 15.6. The molecule has 0 aliphatic heterocycles. The molecule has 0 atom stereocenters. The number of tetrazole rings is 2. The fourth-order valence-electron chi connectivity index (χ4n) is 0.873. The molecule has 0 unspecified atom stereocenters. The number of nitrogens with one attached hydrogen (secondary N) is 1. The quantitative estimate of drug-likeness (QED) is 0.608. The second-order valence-electron chi connectivity index (χ2n) is 2.22. The molecule has 0 amide bonds. The van der Waals surface area contributed by atoms with E-state index in [1.54, 1.807) is 6.08 Å². The largest absolute Gasteiger partial charge is 0.236 e. The predicted octanol–water partition coefficient (Wildman–Crippen LogP) is -0.961. The summed E-state index contributed by atoms with van der Waals surface area (Å²) in [7, 11) is 0. The van der Waals surface area contributed by atoms with Crippen LogP contribution in [-0.4, -0.2) is 40.8 Å². The third-order valence-corrected chi connectivity index (χ3v) is 1.39. The highest BCUT2D eigenvalue weighted by Gasteiger charge is 2.10. The van der Waals surface area contributed by atoms with Crippen LogP contribution in [0.5, 0.6) is 0 Å². The van der Waals surface area contributed by atoms with Crippen molar-refractivity contribution in [1.82, 2.24) is 40.8 Å². The second kappa shape index (κ2) is 3.09. The number of hydrogen-bond donors (Lipinski definition) is 1. The topological polar surface area (TPSA) is 98.1 Å². The van der Waals surface area contributed by atoms with E-state index in [1.165, 1.54) is 4.68 Å². The van der Waals surface area contributed by atoms with Crippen molar-refractivity contribution in [2.45, 2.75) is 6.54 Å². The summed E-state index contributed by atoms with van der Waals surface area (Å²) in [6.45, 7) is 4.10. The summed E-state index contributed by atoms with van der Waals surface area (Å²) in [5.41, 5.74) is 0. The van der Waals surface area contributed by atoms with Gasteiger partial charge in [0.2, 0.25) is 11.6 Å². The minimum absolute atomic E-state index is 0.437. The Balaban J connectivity index is 2.40. The Bertz CT molecular complexity index is 386. The Morgan fingerprint density at radius 1 is 1.38 bits per heavy atom. The van der Waals surface area contributed by atoms with E-state index in [9.17, 15) is 0 Å². The molecule has 2 rings (SSSR count). The summed E-state index contributed by atoms with van der Waals surface area (Å²) in [6.07, 6.45) is 1.68. The molecule has 2 heterocycles. The van der Waals surface area contributed by atoms with Crippen LogP contribution in [-0.2, 0) is 6.54 Å². The summed E-state index contributed by atoms with van der Waals surface area (Å²) in [4.78, 5) is 0. The fourth-order valence-corrected chi connectivity index (χ4v) is 0.873. The van der Waals surface area contributed by atoms with E-state index in [1.807, 2.05) is 0 Å². The molecule has 0 aromatic carbocycles. The maximum absolute atomic E-state index is 3.76. The molecule has 0 radical (unpaired) electrons. The Hall–Kier alpha value is -2.12. The zero-order valence-electron chi connectivity index (χ0n) is 6.62. The number of hydrogen-bond acceptors (Lipinski definition) is 6. The van der Waals surface area contributed by atoms with Gasteiger partial charge in [-0.3, -0.25) is 0 Å². The third kappa shape index (κ3) is 1.28. The van der Waals surface area contributed by atoms with Gasteiger partial charge in [-0.15, -0.1) is 16.8 Å². The lowest BCUT2D eigenvalue weighted by Gasteiger charge is -1.94. The zero-order chi connectivity index (χ0) is 9.10. The van der Waals surface area contributed by atoms with Crippen LogP contribution in [0.25, 0.3) is 11.6 Å². The first-order chi connectivity index (χ1) is 6.42. The summed E-state index contributed by atoms with van der Waals surface area (Å²) in [5.74, 6) is 0.928. The summed E-state index contributed by atoms with van der Waals surface area (Å²) in [5, 5.41) is 24.1. The molecule has 0 spiro atoms. The van der Waals surface area contributed by atoms with Gasteiger partial charge in [-0.1, -0.05) is 6.08 Å². The smallest absolute Gasteiger partial charge is 0.221 e. The average Bonchev–Trinajstić information content (AvgIpc) is 2.71. The van der Waals surface area contributed by atoms with Crippen LogP contribution in [0.3, 0.4) is 0 Å². The van der Waals surface area contributed by atoms with Gasteiger partial charge < -0.3 is 0 Å². The zero-order valence-corrected chi connectivity index (χ0v) is 6.62. The molecule has 0 fully saturated rings. The van der Waals surface area contributed by atoms with Crippen LogP contribution < -0.4 is 0 Å². The van der Waals surface area contributed by atoms with Crippen LogP contribution in [0.15, 0.2) is 12.7 Å². The van der Waals surface area contributed by atoms with Crippen molar-refractivity contribution in [3.05, 3.63) is 12.7 Å². The lowest BCUT2D eigenvalue weighted by Crippen LogP contribution is -2.01. The molecule has 0 saturated carbocycles. The van der Waals surface area contributed by atoms with E-state index in [-0.39, 0.29) is 0 Å². The van der Waals surface area contributed by atoms with Gasteiger partial charge in [-0.25, -0.2) is 9.78 Å². The molecule has 13 heavy (non-hydrogen) atoms. The molecular weight excluding hydrogens is 172 g/mol. The average molecular weight is 178 g/mol. The molecule has 0 bridgehead atoms. The molecule has 0 saturated heterocycles. The minimum Gasteiger partial charge on any atom is -0.236 e. The van der Waals surface area contributed by atoms with Crippen LogP contribution in [0.1, 0.15) is 0 Å². The first-order valence-corrected chi connectivity index (χ1v) is 3.53. The van der Waals surface area contributed by atoms with Crippen molar-refractivity contribution in [3.63, 3.8) is 0 Å². The molecule has 1 N–H and O–H groups in total. The van der Waals surface area contributed by atoms with E-state index in [0.717, 1.165) is 0 Å². The van der Waals surface area contributed by atoms with E-state index in [0.29, 0.717) is 18.2 Å². The monoisotopic (exact) mass is 178 g/mol. The van der Waals surface area contributed by atoms with Gasteiger partial charge in [0.1, 0.15) is 0 Å². The van der Waals surface area contributed by atoms with E-state index < -0.39 is 0 Å². The Morgan fingerprint density at radius 2 is 2.31 bits per heavy atom. The highest BCUT2D eigenvalue weighted by Crippen LogP contribution is 2.06. The van der Waals surface area contributed by atoms with Crippen LogP contribution in [0.4, 0.5) is 0 Å². The molecule has 2 aromatic heterocycles. The van der Waals surface area contributed by atoms with E-state index in [4.69, 9.17) is 0 Å². The molecule has 8 heteroatoms. The third-order valence-electron chi connectivity index (χ3n) is 1.39. The SMILES string of the molecule is C=CCn1nnnc1-c1nnn[nH]1. The van der Waals surface area contributed by atoms with Gasteiger partial charge in [0.05, 0.1) is 6.54 Å². The molecule has 8 nitrogen and oxygen atoms in total. The van der Waals surface area contributed by atoms with Crippen molar-refractivity contribution in [2.75, 3.05) is 0 Å². The molecule has 0 aliphatic carbocycles. The number of rotatable bonds is 3. The number of H-pyrrole nitrogens is 1. The lowest BCUT2D eigenvalue weighted by atomic mass is 10.5. The van der Waals surface area contributed by atoms with Crippen molar-refractivity contribution >= 4 is 0 Å². The van der Waals surface area contributed by atoms with Gasteiger partial charge in [-0.2, -0.15) is 0 Å². The Morgan fingerprint density at radius 3 is 3.00 bits per heavy atom. The summed E-state index contributed by atoms with van der Waals surface area (Å²) >= 11 is 0. The molecule has 0 aliphatic rings. The van der Waals surface area contributed by atoms with Crippen molar-refractivity contribution in [3.8, 4) is 11.6 Å². The van der Waals surface area contributed by atoms with Crippen LogP contribution in [0.2, 0.25) is 0 Å². The number of aromatic nitrogens is 8. The lowest BCUT2D eigenvalue weighted by molar-refractivity contribution is 0.663. The van der Waals surface area contributed by atoms with E-state index >= 15 is 0 Å². The normalized spacial score (nSPS) is 10.2. The van der Waals surface area contributed by atoms with E-state index in [2.05, 4.69) is 42.7 Å². The number of allylic oxidation sites excluding steroid dienone is 1. The first kappa shape index (κ1) is 7.53. The van der Waals surface area contributed by atoms with Gasteiger partial charge >= 0.3 is 0 Å². The maximum atomic E-state index is 3.76. The standard InChI is InChI=1S/C5H6N8/c1-2-3-13-5(8-11-12-13)4-6-9-10-7-4/h2H,1,3H2,(H,6,7,9,10). The Kier molecular flexibility index (Phi) is 1.79. The first-order valence-electron chi connectivity index (χ1n) is 3.53. The minimum atomic E-state index is 0.437. The predicted molar refractivity (Wildman–Crippen MR) is 41.2 cm³/mol. The highest BCUT2D eigenvalue weighted by molar-refractivity contribution is 5.39. The number of aromatic amines is 1. The molecular formula is C5H6N8. The van der Waals surface area contributed by atoms with Gasteiger partial charge in [0, 0.05) is 0 Å². The molecule has 66 valence electrons. The van der Waals surface area contributed by atoms with Gasteiger partial charge in [-0.05, 0) is 20.9 Å². The number of nitrogens with zero attached hydrogens (tertiary/aromatic N) is 7. The molecule has 2 aromatic rings. The van der Waals surface area contributed by atoms with Crippen molar-refractivity contribution in [1.29, 1.82) is 0 Å². The second-order valence-corrected chi connectivity index (χ2v) is 2.22. The summed E-state index contributed by atoms with van der Waals surface area (Å²) < 4.78 is 1.54. The van der Waals surface area contributed by atoms with Crippen LogP contribution >= 0.6 is 0 Å².